The maximum atomic E-state index is 10.7. The summed E-state index contributed by atoms with van der Waals surface area (Å²) in [5, 5.41) is 12.7. The molecule has 0 fully saturated rings. The number of ether oxygens (including phenoxy) is 1. The summed E-state index contributed by atoms with van der Waals surface area (Å²) in [7, 11) is 0. The largest absolute Gasteiger partial charge is 0.478 e. The number of benzene rings is 1. The lowest BCUT2D eigenvalue weighted by atomic mass is 10.1. The van der Waals surface area contributed by atoms with Gasteiger partial charge in [-0.15, -0.1) is 0 Å². The molecule has 100 valence electrons. The number of aromatic carboxylic acids is 1. The molecule has 1 aromatic carbocycles. The summed E-state index contributed by atoms with van der Waals surface area (Å²) in [6, 6.07) is 6.25. The molecule has 0 radical (unpaired) electrons. The van der Waals surface area contributed by atoms with Gasteiger partial charge in [0, 0.05) is 12.2 Å². The van der Waals surface area contributed by atoms with Crippen LogP contribution in [0, 0.1) is 0 Å². The third kappa shape index (κ3) is 2.97. The fraction of sp³-hybridized carbons (Fsp3) is 0.308. The Morgan fingerprint density at radius 2 is 2.11 bits per heavy atom. The van der Waals surface area contributed by atoms with Crippen molar-refractivity contribution in [3.05, 3.63) is 35.7 Å². The van der Waals surface area contributed by atoms with E-state index < -0.39 is 5.97 Å². The Labute approximate surface area is 110 Å². The zero-order valence-corrected chi connectivity index (χ0v) is 10.7. The van der Waals surface area contributed by atoms with Crippen LogP contribution in [0.2, 0.25) is 0 Å². The van der Waals surface area contributed by atoms with Crippen molar-refractivity contribution in [1.82, 2.24) is 10.1 Å². The van der Waals surface area contributed by atoms with Gasteiger partial charge in [-0.2, -0.15) is 4.98 Å². The second-order valence-corrected chi connectivity index (χ2v) is 3.94. The highest BCUT2D eigenvalue weighted by Gasteiger charge is 2.15. The van der Waals surface area contributed by atoms with Crippen LogP contribution in [-0.4, -0.2) is 27.8 Å². The van der Waals surface area contributed by atoms with Gasteiger partial charge in [-0.05, 0) is 38.1 Å². The minimum Gasteiger partial charge on any atom is -0.478 e. The fourth-order valence-electron chi connectivity index (χ4n) is 1.60. The van der Waals surface area contributed by atoms with E-state index in [0.717, 1.165) is 0 Å². The summed E-state index contributed by atoms with van der Waals surface area (Å²) in [5.74, 6) is -0.152. The topological polar surface area (TPSA) is 85.5 Å². The van der Waals surface area contributed by atoms with Crippen molar-refractivity contribution in [1.29, 1.82) is 0 Å². The molecule has 1 aromatic heterocycles. The Morgan fingerprint density at radius 3 is 2.68 bits per heavy atom. The van der Waals surface area contributed by atoms with E-state index in [1.54, 1.807) is 12.1 Å². The maximum absolute atomic E-state index is 10.7. The molecule has 6 heteroatoms. The number of carbonyl (C=O) groups is 1. The fourth-order valence-corrected chi connectivity index (χ4v) is 1.60. The number of aromatic nitrogens is 2. The van der Waals surface area contributed by atoms with Gasteiger partial charge in [-0.1, -0.05) is 5.16 Å². The Bertz CT molecular complexity index is 562. The van der Waals surface area contributed by atoms with Gasteiger partial charge in [0.05, 0.1) is 5.56 Å². The van der Waals surface area contributed by atoms with E-state index in [0.29, 0.717) is 23.9 Å². The molecule has 0 amide bonds. The third-order valence-corrected chi connectivity index (χ3v) is 2.60. The van der Waals surface area contributed by atoms with E-state index >= 15 is 0 Å². The van der Waals surface area contributed by atoms with Crippen LogP contribution in [0.3, 0.4) is 0 Å². The average molecular weight is 262 g/mol. The first kappa shape index (κ1) is 13.2. The molecule has 6 nitrogen and oxygen atoms in total. The first-order valence-electron chi connectivity index (χ1n) is 5.90. The second kappa shape index (κ2) is 5.62. The summed E-state index contributed by atoms with van der Waals surface area (Å²) >= 11 is 0. The van der Waals surface area contributed by atoms with Gasteiger partial charge in [0.25, 0.3) is 5.89 Å². The molecule has 0 spiro atoms. The molecule has 0 saturated carbocycles. The molecular weight excluding hydrogens is 248 g/mol. The SMILES string of the molecule is CCOC(C)c1noc(-c2ccc(C(=O)O)cc2)n1. The van der Waals surface area contributed by atoms with Gasteiger partial charge in [0.15, 0.2) is 0 Å². The molecule has 1 unspecified atom stereocenters. The lowest BCUT2D eigenvalue weighted by molar-refractivity contribution is 0.0682. The quantitative estimate of drug-likeness (QED) is 0.891. The van der Waals surface area contributed by atoms with Crippen molar-refractivity contribution in [3.63, 3.8) is 0 Å². The number of hydrogen-bond donors (Lipinski definition) is 1. The predicted octanol–water partition coefficient (Wildman–Crippen LogP) is 2.53. The van der Waals surface area contributed by atoms with E-state index in [4.69, 9.17) is 14.4 Å². The number of rotatable bonds is 5. The predicted molar refractivity (Wildman–Crippen MR) is 66.7 cm³/mol. The molecule has 2 rings (SSSR count). The zero-order chi connectivity index (χ0) is 13.8. The van der Waals surface area contributed by atoms with Gasteiger partial charge < -0.3 is 14.4 Å². The van der Waals surface area contributed by atoms with Crippen LogP contribution >= 0.6 is 0 Å². The van der Waals surface area contributed by atoms with E-state index in [-0.39, 0.29) is 11.7 Å². The highest BCUT2D eigenvalue weighted by Crippen LogP contribution is 2.21. The first-order chi connectivity index (χ1) is 9.11. The molecule has 0 aliphatic carbocycles. The standard InChI is InChI=1S/C13H14N2O4/c1-3-18-8(2)11-14-12(19-15-11)9-4-6-10(7-5-9)13(16)17/h4-8H,3H2,1-2H3,(H,16,17). The number of nitrogens with zero attached hydrogens (tertiary/aromatic N) is 2. The van der Waals surface area contributed by atoms with Crippen LogP contribution in [0.4, 0.5) is 0 Å². The normalized spacial score (nSPS) is 12.3. The van der Waals surface area contributed by atoms with Crippen molar-refractivity contribution >= 4 is 5.97 Å². The molecule has 1 atom stereocenters. The molecular formula is C13H14N2O4. The van der Waals surface area contributed by atoms with Crippen molar-refractivity contribution in [2.75, 3.05) is 6.61 Å². The molecule has 1 N–H and O–H groups in total. The summed E-state index contributed by atoms with van der Waals surface area (Å²) in [6.45, 7) is 4.30. The highest BCUT2D eigenvalue weighted by atomic mass is 16.5. The van der Waals surface area contributed by atoms with Crippen molar-refractivity contribution < 1.29 is 19.2 Å². The van der Waals surface area contributed by atoms with E-state index in [1.165, 1.54) is 12.1 Å². The summed E-state index contributed by atoms with van der Waals surface area (Å²) in [4.78, 5) is 15.0. The lowest BCUT2D eigenvalue weighted by Gasteiger charge is -2.04. The van der Waals surface area contributed by atoms with Crippen LogP contribution in [0.15, 0.2) is 28.8 Å². The molecule has 0 aliphatic heterocycles. The van der Waals surface area contributed by atoms with Gasteiger partial charge in [0.1, 0.15) is 6.10 Å². The van der Waals surface area contributed by atoms with Crippen LogP contribution in [0.1, 0.15) is 36.1 Å². The van der Waals surface area contributed by atoms with Crippen LogP contribution in [-0.2, 0) is 4.74 Å². The summed E-state index contributed by atoms with van der Waals surface area (Å²) in [5.41, 5.74) is 0.888. The first-order valence-corrected chi connectivity index (χ1v) is 5.90. The maximum Gasteiger partial charge on any atom is 0.335 e. The summed E-state index contributed by atoms with van der Waals surface area (Å²) < 4.78 is 10.5. The minimum atomic E-state index is -0.970. The minimum absolute atomic E-state index is 0.214. The second-order valence-electron chi connectivity index (χ2n) is 3.94. The molecule has 0 aliphatic rings. The third-order valence-electron chi connectivity index (χ3n) is 2.60. The average Bonchev–Trinajstić information content (AvgIpc) is 2.89. The van der Waals surface area contributed by atoms with Crippen molar-refractivity contribution in [3.8, 4) is 11.5 Å². The van der Waals surface area contributed by atoms with Crippen LogP contribution in [0.25, 0.3) is 11.5 Å². The zero-order valence-electron chi connectivity index (χ0n) is 10.7. The van der Waals surface area contributed by atoms with Crippen molar-refractivity contribution in [2.24, 2.45) is 0 Å². The molecule has 2 aromatic rings. The highest BCUT2D eigenvalue weighted by molar-refractivity contribution is 5.88. The van der Waals surface area contributed by atoms with Gasteiger partial charge in [0.2, 0.25) is 5.82 Å². The molecule has 1 heterocycles. The van der Waals surface area contributed by atoms with Crippen LogP contribution in [0.5, 0.6) is 0 Å². The van der Waals surface area contributed by atoms with Gasteiger partial charge in [-0.3, -0.25) is 0 Å². The number of carboxylic acids is 1. The number of carboxylic acid groups (broad SMARTS) is 1. The Morgan fingerprint density at radius 1 is 1.42 bits per heavy atom. The Hall–Kier alpha value is -2.21. The van der Waals surface area contributed by atoms with E-state index in [1.807, 2.05) is 13.8 Å². The Balaban J connectivity index is 2.20. The van der Waals surface area contributed by atoms with Crippen LogP contribution < -0.4 is 0 Å². The number of hydrogen-bond acceptors (Lipinski definition) is 5. The lowest BCUT2D eigenvalue weighted by Crippen LogP contribution is -2.01. The molecule has 19 heavy (non-hydrogen) atoms. The monoisotopic (exact) mass is 262 g/mol. The van der Waals surface area contributed by atoms with Crippen molar-refractivity contribution in [2.45, 2.75) is 20.0 Å². The van der Waals surface area contributed by atoms with Gasteiger partial charge >= 0.3 is 5.97 Å². The Kier molecular flexibility index (Phi) is 3.91. The molecule has 0 saturated heterocycles. The van der Waals surface area contributed by atoms with E-state index in [9.17, 15) is 4.79 Å². The molecule has 0 bridgehead atoms. The van der Waals surface area contributed by atoms with E-state index in [2.05, 4.69) is 10.1 Å². The smallest absolute Gasteiger partial charge is 0.335 e. The summed E-state index contributed by atoms with van der Waals surface area (Å²) in [6.07, 6.45) is -0.235. The van der Waals surface area contributed by atoms with Gasteiger partial charge in [-0.25, -0.2) is 4.79 Å².